The largest absolute Gasteiger partial charge is 0.481 e. The van der Waals surface area contributed by atoms with Crippen LogP contribution in [-0.2, 0) is 33.6 Å². The summed E-state index contributed by atoms with van der Waals surface area (Å²) in [5.41, 5.74) is 5.43. The van der Waals surface area contributed by atoms with Crippen molar-refractivity contribution in [1.29, 1.82) is 0 Å². The van der Waals surface area contributed by atoms with E-state index >= 15 is 0 Å². The van der Waals surface area contributed by atoms with Crippen LogP contribution in [0.3, 0.4) is 0 Å². The first-order valence-corrected chi connectivity index (χ1v) is 13.7. The number of nitrogens with zero attached hydrogens (tertiary/aromatic N) is 1. The number of nitrogens with two attached hydrogens (primary N) is 1. The van der Waals surface area contributed by atoms with Gasteiger partial charge in [-0.3, -0.25) is 43.7 Å². The Bertz CT molecular complexity index is 1290. The van der Waals surface area contributed by atoms with Gasteiger partial charge in [0.2, 0.25) is 35.4 Å². The first kappa shape index (κ1) is 38.8. The van der Waals surface area contributed by atoms with E-state index in [1.165, 1.54) is 24.3 Å². The van der Waals surface area contributed by atoms with Gasteiger partial charge >= 0.3 is 5.97 Å². The van der Waals surface area contributed by atoms with Gasteiger partial charge in [-0.05, 0) is 25.0 Å². The van der Waals surface area contributed by atoms with Gasteiger partial charge in [0.1, 0.15) is 24.2 Å². The summed E-state index contributed by atoms with van der Waals surface area (Å²) in [6.45, 7) is 2.25. The Kier molecular flexibility index (Phi) is 15.7. The minimum Gasteiger partial charge on any atom is -0.481 e. The topological polar surface area (TPSA) is 322 Å². The molecule has 0 aliphatic rings. The number of hydrogen-bond acceptors (Lipinski definition) is 12. The van der Waals surface area contributed by atoms with Crippen molar-refractivity contribution in [3.8, 4) is 0 Å². The molecule has 0 aliphatic heterocycles. The lowest BCUT2D eigenvalue weighted by Crippen LogP contribution is -2.59. The van der Waals surface area contributed by atoms with Crippen LogP contribution in [0.25, 0.3) is 0 Å². The predicted octanol–water partition coefficient (Wildman–Crippen LogP) is -3.95. The monoisotopic (exact) mass is 654 g/mol. The number of carboxylic acid groups (broad SMARTS) is 1. The maximum Gasteiger partial charge on any atom is 0.305 e. The van der Waals surface area contributed by atoms with E-state index < -0.39 is 109 Å². The number of nitro benzene ring substituents is 1. The number of aliphatic hydroxyl groups is 2. The molecule has 1 aromatic rings. The van der Waals surface area contributed by atoms with E-state index in [9.17, 15) is 48.8 Å². The predicted molar refractivity (Wildman–Crippen MR) is 157 cm³/mol. The molecule has 11 N–H and O–H groups in total. The van der Waals surface area contributed by atoms with E-state index in [0.29, 0.717) is 0 Å². The molecule has 0 spiro atoms. The number of nitro groups is 1. The first-order chi connectivity index (χ1) is 21.5. The fourth-order valence-corrected chi connectivity index (χ4v) is 3.57. The second-order valence-corrected chi connectivity index (χ2v) is 10.3. The Morgan fingerprint density at radius 1 is 0.826 bits per heavy atom. The summed E-state index contributed by atoms with van der Waals surface area (Å²) in [4.78, 5) is 96.0. The Morgan fingerprint density at radius 2 is 1.41 bits per heavy atom. The molecule has 0 heterocycles. The highest BCUT2D eigenvalue weighted by Gasteiger charge is 2.32. The third-order valence-electron chi connectivity index (χ3n) is 6.09. The molecule has 20 heteroatoms. The molecular weight excluding hydrogens is 616 g/mol. The molecule has 0 aromatic heterocycles. The molecule has 0 unspecified atom stereocenters. The standard InChI is InChI=1S/C26H38N8O12/c1-12(2)21(25(43)30-14-4-6-15(7-5-14)34(45)46)32-19(38)10-28-18(37)9-29-24(42)17(8-20(39)40)31-26(44)22(13(3)36)33-23(41)16(27)11-35/h4-7,12-13,16-17,21-22,35-36H,8-11,27H2,1-3H3,(H,28,37)(H,29,42)(H,30,43)(H,31,44)(H,32,38)(H,33,41)(H,39,40)/t13-,16+,17+,21+,22+/m1/s1. The Hall–Kier alpha value is -5.21. The molecule has 254 valence electrons. The average molecular weight is 655 g/mol. The van der Waals surface area contributed by atoms with Gasteiger partial charge in [0, 0.05) is 17.8 Å². The summed E-state index contributed by atoms with van der Waals surface area (Å²) in [7, 11) is 0. The van der Waals surface area contributed by atoms with Crippen LogP contribution in [0.15, 0.2) is 24.3 Å². The van der Waals surface area contributed by atoms with Gasteiger partial charge in [-0.1, -0.05) is 13.8 Å². The number of carboxylic acids is 1. The van der Waals surface area contributed by atoms with Crippen LogP contribution in [0.4, 0.5) is 11.4 Å². The molecule has 0 bridgehead atoms. The molecule has 0 aliphatic carbocycles. The van der Waals surface area contributed by atoms with Crippen LogP contribution in [0.1, 0.15) is 27.2 Å². The van der Waals surface area contributed by atoms with Crippen molar-refractivity contribution in [2.75, 3.05) is 25.0 Å². The van der Waals surface area contributed by atoms with Crippen LogP contribution >= 0.6 is 0 Å². The second kappa shape index (κ2) is 18.6. The van der Waals surface area contributed by atoms with Gasteiger partial charge in [-0.25, -0.2) is 0 Å². The van der Waals surface area contributed by atoms with Crippen molar-refractivity contribution in [2.45, 2.75) is 57.5 Å². The quantitative estimate of drug-likeness (QED) is 0.0534. The number of amides is 6. The summed E-state index contributed by atoms with van der Waals surface area (Å²) in [6, 6.07) is -0.920. The zero-order valence-corrected chi connectivity index (χ0v) is 25.1. The minimum absolute atomic E-state index is 0.184. The van der Waals surface area contributed by atoms with E-state index in [1.807, 2.05) is 0 Å². The number of non-ortho nitro benzene ring substituents is 1. The van der Waals surface area contributed by atoms with Gasteiger partial charge < -0.3 is 53.0 Å². The zero-order valence-electron chi connectivity index (χ0n) is 25.1. The molecule has 0 fully saturated rings. The SMILES string of the molecule is CC(C)[C@H](NC(=O)CNC(=O)CNC(=O)[C@H](CC(=O)O)NC(=O)[C@@H](NC(=O)[C@@H](N)CO)[C@@H](C)O)C(=O)Nc1ccc([N+](=O)[O-])cc1. The van der Waals surface area contributed by atoms with Crippen LogP contribution < -0.4 is 37.6 Å². The van der Waals surface area contributed by atoms with E-state index in [1.54, 1.807) is 13.8 Å². The Morgan fingerprint density at radius 3 is 1.91 bits per heavy atom. The van der Waals surface area contributed by atoms with Gasteiger partial charge in [0.05, 0.1) is 37.1 Å². The van der Waals surface area contributed by atoms with Crippen molar-refractivity contribution >= 4 is 52.8 Å². The number of nitrogens with one attached hydrogen (secondary N) is 6. The highest BCUT2D eigenvalue weighted by Crippen LogP contribution is 2.16. The minimum atomic E-state index is -1.76. The van der Waals surface area contributed by atoms with Crippen molar-refractivity contribution in [3.05, 3.63) is 34.4 Å². The molecule has 6 amide bonds. The molecule has 0 saturated heterocycles. The Balaban J connectivity index is 2.71. The first-order valence-electron chi connectivity index (χ1n) is 13.7. The fraction of sp³-hybridized carbons (Fsp3) is 0.500. The average Bonchev–Trinajstić information content (AvgIpc) is 2.98. The Labute approximate surface area is 262 Å². The van der Waals surface area contributed by atoms with Crippen molar-refractivity contribution in [3.63, 3.8) is 0 Å². The van der Waals surface area contributed by atoms with Gasteiger partial charge in [-0.15, -0.1) is 0 Å². The molecule has 1 aromatic carbocycles. The van der Waals surface area contributed by atoms with Gasteiger partial charge in [0.25, 0.3) is 5.69 Å². The number of aliphatic carboxylic acids is 1. The number of benzene rings is 1. The second-order valence-electron chi connectivity index (χ2n) is 10.3. The normalized spacial score (nSPS) is 14.0. The van der Waals surface area contributed by atoms with E-state index in [-0.39, 0.29) is 11.4 Å². The lowest BCUT2D eigenvalue weighted by atomic mass is 10.0. The van der Waals surface area contributed by atoms with E-state index in [0.717, 1.165) is 6.92 Å². The number of aliphatic hydroxyl groups excluding tert-OH is 2. The van der Waals surface area contributed by atoms with Crippen LogP contribution in [-0.4, -0.2) is 112 Å². The molecule has 5 atom stereocenters. The number of rotatable bonds is 18. The summed E-state index contributed by atoms with van der Waals surface area (Å²) in [5.74, 6) is -7.52. The van der Waals surface area contributed by atoms with Crippen molar-refractivity contribution in [2.24, 2.45) is 11.7 Å². The number of anilines is 1. The van der Waals surface area contributed by atoms with E-state index in [4.69, 9.17) is 15.9 Å². The molecule has 46 heavy (non-hydrogen) atoms. The molecule has 0 saturated carbocycles. The summed E-state index contributed by atoms with van der Waals surface area (Å²) in [5, 5.41) is 52.2. The molecule has 1 rings (SSSR count). The maximum atomic E-state index is 12.7. The molecule has 20 nitrogen and oxygen atoms in total. The van der Waals surface area contributed by atoms with Crippen LogP contribution in [0.5, 0.6) is 0 Å². The zero-order chi connectivity index (χ0) is 35.1. The maximum absolute atomic E-state index is 12.7. The highest BCUT2D eigenvalue weighted by atomic mass is 16.6. The highest BCUT2D eigenvalue weighted by molar-refractivity contribution is 5.98. The van der Waals surface area contributed by atoms with Crippen LogP contribution in [0, 0.1) is 16.0 Å². The molecular formula is C26H38N8O12. The molecule has 0 radical (unpaired) electrons. The van der Waals surface area contributed by atoms with Crippen molar-refractivity contribution < 1.29 is 53.8 Å². The number of hydrogen-bond donors (Lipinski definition) is 10. The lowest BCUT2D eigenvalue weighted by Gasteiger charge is -2.25. The fourth-order valence-electron chi connectivity index (χ4n) is 3.57. The smallest absolute Gasteiger partial charge is 0.305 e. The van der Waals surface area contributed by atoms with Gasteiger partial charge in [0.15, 0.2) is 0 Å². The summed E-state index contributed by atoms with van der Waals surface area (Å²) < 4.78 is 0. The van der Waals surface area contributed by atoms with E-state index in [2.05, 4.69) is 31.9 Å². The summed E-state index contributed by atoms with van der Waals surface area (Å²) >= 11 is 0. The lowest BCUT2D eigenvalue weighted by molar-refractivity contribution is -0.384. The number of carbonyl (C=O) groups is 7. The summed E-state index contributed by atoms with van der Waals surface area (Å²) in [6.07, 6.45) is -2.47. The number of carbonyl (C=O) groups excluding carboxylic acids is 6. The van der Waals surface area contributed by atoms with Crippen LogP contribution in [0.2, 0.25) is 0 Å². The third kappa shape index (κ3) is 13.2. The third-order valence-corrected chi connectivity index (χ3v) is 6.09. The van der Waals surface area contributed by atoms with Crippen molar-refractivity contribution in [1.82, 2.24) is 26.6 Å². The van der Waals surface area contributed by atoms with Gasteiger partial charge in [-0.2, -0.15) is 0 Å².